The van der Waals surface area contributed by atoms with E-state index in [2.05, 4.69) is 128 Å². The third kappa shape index (κ3) is 6.74. The van der Waals surface area contributed by atoms with Crippen LogP contribution in [0.1, 0.15) is 27.2 Å². The Morgan fingerprint density at radius 1 is 0.737 bits per heavy atom. The maximum Gasteiger partial charge on any atom is 0.189 e. The van der Waals surface area contributed by atoms with E-state index in [0.717, 1.165) is 10.2 Å². The second kappa shape index (κ2) is 13.0. The van der Waals surface area contributed by atoms with E-state index in [-0.39, 0.29) is 17.9 Å². The molecule has 0 saturated carbocycles. The summed E-state index contributed by atoms with van der Waals surface area (Å²) in [5.41, 5.74) is -0.246. The molecule has 0 saturated heterocycles. The maximum atomic E-state index is 11.9. The van der Waals surface area contributed by atoms with Crippen LogP contribution in [-0.4, -0.2) is 30.3 Å². The molecule has 0 fully saturated rings. The van der Waals surface area contributed by atoms with Crippen molar-refractivity contribution in [2.45, 2.75) is 39.0 Å². The van der Waals surface area contributed by atoms with Gasteiger partial charge >= 0.3 is 0 Å². The van der Waals surface area contributed by atoms with E-state index >= 15 is 0 Å². The van der Waals surface area contributed by atoms with Crippen LogP contribution in [-0.2, 0) is 4.74 Å². The predicted octanol–water partition coefficient (Wildman–Crippen LogP) is 6.96. The van der Waals surface area contributed by atoms with Crippen molar-refractivity contribution in [3.63, 3.8) is 0 Å². The number of ether oxygens (including phenoxy) is 2. The monoisotopic (exact) mass is 591 g/mol. The first-order valence-corrected chi connectivity index (χ1v) is 15.7. The molecule has 4 rings (SSSR count). The van der Waals surface area contributed by atoms with Crippen molar-refractivity contribution in [1.82, 2.24) is 0 Å². The summed E-state index contributed by atoms with van der Waals surface area (Å²) < 4.78 is 12.7. The second-order valence-corrected chi connectivity index (χ2v) is 15.2. The summed E-state index contributed by atoms with van der Waals surface area (Å²) in [6.07, 6.45) is 0.0793. The molecule has 0 bridgehead atoms. The fourth-order valence-corrected chi connectivity index (χ4v) is 10.3. The minimum atomic E-state index is -2.18. The van der Waals surface area contributed by atoms with Gasteiger partial charge < -0.3 is 14.6 Å². The normalized spacial score (nSPS) is 13.6. The largest absolute Gasteiger partial charge is 0.468 e. The number of aliphatic hydroxyl groups excluding tert-OH is 1. The number of benzene rings is 4. The molecular weight excluding hydrogens is 555 g/mol. The van der Waals surface area contributed by atoms with E-state index < -0.39 is 13.4 Å². The van der Waals surface area contributed by atoms with Gasteiger partial charge in [-0.1, -0.05) is 84.4 Å². The Hall–Kier alpha value is -2.49. The number of halogens is 1. The molecule has 0 aliphatic carbocycles. The lowest BCUT2D eigenvalue weighted by Crippen LogP contribution is -2.44. The van der Waals surface area contributed by atoms with E-state index in [1.807, 2.05) is 24.3 Å². The molecule has 0 radical (unpaired) electrons. The van der Waals surface area contributed by atoms with Gasteiger partial charge in [-0.25, -0.2) is 0 Å². The molecule has 198 valence electrons. The first kappa shape index (κ1) is 28.5. The van der Waals surface area contributed by atoms with Crippen molar-refractivity contribution in [3.8, 4) is 5.75 Å². The van der Waals surface area contributed by atoms with Crippen LogP contribution < -0.4 is 20.7 Å². The summed E-state index contributed by atoms with van der Waals surface area (Å²) in [5, 5.41) is 15.7. The molecule has 0 spiro atoms. The van der Waals surface area contributed by atoms with Gasteiger partial charge in [0.05, 0.1) is 12.7 Å². The van der Waals surface area contributed by atoms with Crippen molar-refractivity contribution in [1.29, 1.82) is 0 Å². The average Bonchev–Trinajstić information content (AvgIpc) is 2.94. The number of aliphatic hydroxyl groups is 1. The maximum absolute atomic E-state index is 11.9. The molecule has 3 nitrogen and oxygen atoms in total. The molecule has 0 aliphatic heterocycles. The molecule has 5 heteroatoms. The van der Waals surface area contributed by atoms with Gasteiger partial charge in [-0.05, 0) is 79.4 Å². The molecule has 0 heterocycles. The SMILES string of the molecule is C[C@@H]([C@@H](O)CC(C)(C)COCOc1ccc(Br)cc1)[P+](c1ccccc1)(c1ccccc1)c1ccccc1. The van der Waals surface area contributed by atoms with E-state index in [9.17, 15) is 5.11 Å². The quantitative estimate of drug-likeness (QED) is 0.110. The first-order chi connectivity index (χ1) is 18.3. The Kier molecular flexibility index (Phi) is 9.79. The molecule has 38 heavy (non-hydrogen) atoms. The van der Waals surface area contributed by atoms with Crippen LogP contribution in [0, 0.1) is 5.41 Å². The first-order valence-electron chi connectivity index (χ1n) is 13.0. The Labute approximate surface area is 236 Å². The van der Waals surface area contributed by atoms with Crippen LogP contribution in [0.3, 0.4) is 0 Å². The minimum absolute atomic E-state index is 0.00649. The molecule has 0 aliphatic rings. The molecule has 1 N–H and O–H groups in total. The highest BCUT2D eigenvalue weighted by atomic mass is 79.9. The van der Waals surface area contributed by atoms with Crippen molar-refractivity contribution >= 4 is 39.1 Å². The van der Waals surface area contributed by atoms with Gasteiger partial charge in [-0.3, -0.25) is 0 Å². The fraction of sp³-hybridized carbons (Fsp3) is 0.273. The van der Waals surface area contributed by atoms with E-state index in [1.54, 1.807) is 0 Å². The lowest BCUT2D eigenvalue weighted by atomic mass is 9.87. The summed E-state index contributed by atoms with van der Waals surface area (Å²) in [4.78, 5) is 0. The number of rotatable bonds is 12. The van der Waals surface area contributed by atoms with E-state index in [1.165, 1.54) is 15.9 Å². The lowest BCUT2D eigenvalue weighted by Gasteiger charge is -2.37. The fourth-order valence-electron chi connectivity index (χ4n) is 5.15. The molecule has 2 atom stereocenters. The topological polar surface area (TPSA) is 38.7 Å². The summed E-state index contributed by atoms with van der Waals surface area (Å²) >= 11 is 3.44. The summed E-state index contributed by atoms with van der Waals surface area (Å²) in [5.74, 6) is 0.767. The van der Waals surface area contributed by atoms with Crippen LogP contribution in [0.15, 0.2) is 120 Å². The zero-order valence-corrected chi connectivity index (χ0v) is 24.8. The van der Waals surface area contributed by atoms with Gasteiger partial charge in [0.15, 0.2) is 6.79 Å². The van der Waals surface area contributed by atoms with Crippen molar-refractivity contribution in [2.24, 2.45) is 5.41 Å². The van der Waals surface area contributed by atoms with Crippen LogP contribution >= 0.6 is 23.2 Å². The zero-order chi connectivity index (χ0) is 27.0. The average molecular weight is 593 g/mol. The molecule has 4 aromatic rings. The Bertz CT molecular complexity index is 1150. The van der Waals surface area contributed by atoms with Gasteiger partial charge in [-0.2, -0.15) is 0 Å². The van der Waals surface area contributed by atoms with Crippen LogP contribution in [0.5, 0.6) is 5.75 Å². The number of hydrogen-bond donors (Lipinski definition) is 1. The van der Waals surface area contributed by atoms with Crippen molar-refractivity contribution < 1.29 is 14.6 Å². The summed E-state index contributed by atoms with van der Waals surface area (Å²) in [7, 11) is -2.18. The second-order valence-electron chi connectivity index (χ2n) is 10.5. The Morgan fingerprint density at radius 2 is 1.18 bits per heavy atom. The Balaban J connectivity index is 1.57. The van der Waals surface area contributed by atoms with Gasteiger partial charge in [0.1, 0.15) is 34.6 Å². The van der Waals surface area contributed by atoms with E-state index in [4.69, 9.17) is 9.47 Å². The van der Waals surface area contributed by atoms with E-state index in [0.29, 0.717) is 13.0 Å². The lowest BCUT2D eigenvalue weighted by molar-refractivity contribution is -0.0347. The molecule has 4 aromatic carbocycles. The molecule has 0 amide bonds. The third-order valence-electron chi connectivity index (χ3n) is 7.04. The standard InChI is InChI=1S/C33H37BrO3P/c1-26(32(35)23-33(2,3)24-36-25-37-28-21-19-27(34)20-22-28)38(29-13-7-4-8-14-29,30-15-9-5-10-16-30)31-17-11-6-12-18-31/h4-22,26,32,35H,23-25H2,1-3H3/q+1/t26-,32-/m0/s1. The molecular formula is C33H37BrO3P+. The van der Waals surface area contributed by atoms with Gasteiger partial charge in [0.25, 0.3) is 0 Å². The highest BCUT2D eigenvalue weighted by Gasteiger charge is 2.53. The zero-order valence-electron chi connectivity index (χ0n) is 22.3. The van der Waals surface area contributed by atoms with Gasteiger partial charge in [0, 0.05) is 4.47 Å². The smallest absolute Gasteiger partial charge is 0.189 e. The van der Waals surface area contributed by atoms with Gasteiger partial charge in [0.2, 0.25) is 0 Å². The highest BCUT2D eigenvalue weighted by Crippen LogP contribution is 2.61. The van der Waals surface area contributed by atoms with Crippen molar-refractivity contribution in [2.75, 3.05) is 13.4 Å². The minimum Gasteiger partial charge on any atom is -0.468 e. The molecule has 0 unspecified atom stereocenters. The Morgan fingerprint density at radius 3 is 1.63 bits per heavy atom. The summed E-state index contributed by atoms with van der Waals surface area (Å²) in [6.45, 7) is 7.18. The van der Waals surface area contributed by atoms with Crippen LogP contribution in [0.2, 0.25) is 0 Å². The van der Waals surface area contributed by atoms with Crippen LogP contribution in [0.4, 0.5) is 0 Å². The molecule has 0 aromatic heterocycles. The summed E-state index contributed by atoms with van der Waals surface area (Å²) in [6, 6.07) is 39.9. The third-order valence-corrected chi connectivity index (χ3v) is 12.5. The highest BCUT2D eigenvalue weighted by molar-refractivity contribution is 9.10. The number of hydrogen-bond acceptors (Lipinski definition) is 3. The van der Waals surface area contributed by atoms with Crippen LogP contribution in [0.25, 0.3) is 0 Å². The van der Waals surface area contributed by atoms with Gasteiger partial charge in [-0.15, -0.1) is 0 Å². The van der Waals surface area contributed by atoms with Crippen molar-refractivity contribution in [3.05, 3.63) is 120 Å². The predicted molar refractivity (Wildman–Crippen MR) is 165 cm³/mol.